The van der Waals surface area contributed by atoms with Crippen LogP contribution in [0.5, 0.6) is 5.75 Å². The molecule has 1 N–H and O–H groups in total. The summed E-state index contributed by atoms with van der Waals surface area (Å²) in [6.45, 7) is 4.01. The van der Waals surface area contributed by atoms with Crippen LogP contribution < -0.4 is 9.84 Å². The van der Waals surface area contributed by atoms with Gasteiger partial charge in [-0.2, -0.15) is 0 Å². The molecule has 0 radical (unpaired) electrons. The number of phosphoric acid groups is 1. The number of nitrogens with one attached hydrogen (secondary N) is 1. The Kier molecular flexibility index (Phi) is 10.2. The van der Waals surface area contributed by atoms with E-state index in [2.05, 4.69) is 5.32 Å². The minimum Gasteiger partial charge on any atom is -0.463 e. The molecule has 14 nitrogen and oxygen atoms in total. The summed E-state index contributed by atoms with van der Waals surface area (Å²) >= 11 is 0. The molecule has 2 aliphatic heterocycles. The van der Waals surface area contributed by atoms with Crippen molar-refractivity contribution in [2.24, 2.45) is 0 Å². The highest BCUT2D eigenvalue weighted by Gasteiger charge is 2.54. The lowest BCUT2D eigenvalue weighted by Crippen LogP contribution is -2.66. The van der Waals surface area contributed by atoms with Gasteiger partial charge in [-0.1, -0.05) is 18.2 Å². The topological polar surface area (TPSA) is 179 Å². The maximum absolute atomic E-state index is 13.5. The largest absolute Gasteiger partial charge is 0.532 e. The highest BCUT2D eigenvalue weighted by Crippen LogP contribution is 2.56. The number of para-hydroxylation sites is 1. The first-order chi connectivity index (χ1) is 18.4. The number of hydrogen-bond acceptors (Lipinski definition) is 13. The Balaban J connectivity index is 1.97. The number of carbonyl (C=O) groups excluding carboxylic acids is 5. The first-order valence-electron chi connectivity index (χ1n) is 12.0. The number of carbonyl (C=O) groups is 5. The summed E-state index contributed by atoms with van der Waals surface area (Å²) in [6.07, 6.45) is -6.15. The van der Waals surface area contributed by atoms with Gasteiger partial charge in [-0.25, -0.2) is 9.09 Å². The van der Waals surface area contributed by atoms with Crippen molar-refractivity contribution in [3.8, 4) is 5.75 Å². The van der Waals surface area contributed by atoms with E-state index in [0.717, 1.165) is 20.8 Å². The number of ketones is 1. The molecule has 0 spiro atoms. The highest BCUT2D eigenvalue weighted by atomic mass is 31.2. The monoisotopic (exact) mass is 571 g/mol. The maximum atomic E-state index is 13.5. The first-order valence-corrected chi connectivity index (χ1v) is 13.5. The molecule has 0 aromatic heterocycles. The van der Waals surface area contributed by atoms with Gasteiger partial charge in [0.05, 0.1) is 6.61 Å². The number of fused-ring (bicyclic) bond motifs is 1. The maximum Gasteiger partial charge on any atom is 0.532 e. The van der Waals surface area contributed by atoms with Gasteiger partial charge in [0, 0.05) is 39.2 Å². The Morgan fingerprint density at radius 2 is 1.62 bits per heavy atom. The van der Waals surface area contributed by atoms with Crippen LogP contribution in [-0.4, -0.2) is 66.8 Å². The molecule has 214 valence electrons. The van der Waals surface area contributed by atoms with Crippen molar-refractivity contribution in [1.82, 2.24) is 5.32 Å². The average molecular weight is 571 g/mol. The molecule has 2 heterocycles. The van der Waals surface area contributed by atoms with Crippen LogP contribution in [0.3, 0.4) is 0 Å². The third kappa shape index (κ3) is 8.59. The molecule has 1 saturated heterocycles. The Labute approximate surface area is 224 Å². The van der Waals surface area contributed by atoms with Gasteiger partial charge in [0.25, 0.3) is 0 Å². The molecule has 0 saturated carbocycles. The average Bonchev–Trinajstić information content (AvgIpc) is 2.84. The Hall–Kier alpha value is -3.32. The van der Waals surface area contributed by atoms with Crippen LogP contribution in [-0.2, 0) is 63.1 Å². The quantitative estimate of drug-likeness (QED) is 0.244. The summed E-state index contributed by atoms with van der Waals surface area (Å²) in [5.41, 5.74) is 0.603. The minimum absolute atomic E-state index is 0.0902. The van der Waals surface area contributed by atoms with E-state index in [1.54, 1.807) is 24.3 Å². The molecule has 1 amide bonds. The minimum atomic E-state index is -4.38. The van der Waals surface area contributed by atoms with Crippen molar-refractivity contribution >= 4 is 37.4 Å². The van der Waals surface area contributed by atoms with Crippen molar-refractivity contribution in [2.45, 2.75) is 77.8 Å². The van der Waals surface area contributed by atoms with E-state index in [0.29, 0.717) is 5.56 Å². The second-order valence-electron chi connectivity index (χ2n) is 8.81. The fourth-order valence-corrected chi connectivity index (χ4v) is 5.19. The van der Waals surface area contributed by atoms with Crippen LogP contribution in [0, 0.1) is 0 Å². The van der Waals surface area contributed by atoms with Gasteiger partial charge >= 0.3 is 25.7 Å². The van der Waals surface area contributed by atoms with E-state index in [-0.39, 0.29) is 31.0 Å². The lowest BCUT2D eigenvalue weighted by atomic mass is 9.96. The van der Waals surface area contributed by atoms with Gasteiger partial charge in [-0.15, -0.1) is 0 Å². The fraction of sp³-hybridized carbons (Fsp3) is 0.542. The normalized spacial score (nSPS) is 27.7. The number of benzene rings is 1. The summed E-state index contributed by atoms with van der Waals surface area (Å²) in [5, 5.41) is 2.54. The number of esters is 3. The van der Waals surface area contributed by atoms with Crippen LogP contribution in [0.2, 0.25) is 0 Å². The molecule has 1 aromatic carbocycles. The van der Waals surface area contributed by atoms with Gasteiger partial charge < -0.3 is 33.6 Å². The number of Topliss-reactive ketones (excluding diaryl/α,β-unsaturated/α-hetero) is 1. The zero-order chi connectivity index (χ0) is 28.7. The Morgan fingerprint density at radius 1 is 0.949 bits per heavy atom. The first kappa shape index (κ1) is 30.2. The van der Waals surface area contributed by atoms with Crippen LogP contribution >= 0.6 is 7.82 Å². The van der Waals surface area contributed by atoms with Gasteiger partial charge in [-0.05, 0) is 13.0 Å². The summed E-state index contributed by atoms with van der Waals surface area (Å²) in [4.78, 5) is 59.6. The van der Waals surface area contributed by atoms with Gasteiger partial charge in [0.2, 0.25) is 5.91 Å². The molecule has 15 heteroatoms. The predicted molar refractivity (Wildman–Crippen MR) is 129 cm³/mol. The molecule has 0 bridgehead atoms. The fourth-order valence-electron chi connectivity index (χ4n) is 3.88. The molecule has 6 atom stereocenters. The van der Waals surface area contributed by atoms with E-state index in [9.17, 15) is 28.5 Å². The van der Waals surface area contributed by atoms with Crippen molar-refractivity contribution < 1.29 is 61.1 Å². The van der Waals surface area contributed by atoms with Crippen LogP contribution in [0.15, 0.2) is 24.3 Å². The third-order valence-electron chi connectivity index (χ3n) is 5.53. The molecular weight excluding hydrogens is 541 g/mol. The Morgan fingerprint density at radius 3 is 2.26 bits per heavy atom. The van der Waals surface area contributed by atoms with E-state index < -0.39 is 68.9 Å². The summed E-state index contributed by atoms with van der Waals surface area (Å²) in [6, 6.07) is 5.21. The van der Waals surface area contributed by atoms with Gasteiger partial charge in [0.15, 0.2) is 18.5 Å². The van der Waals surface area contributed by atoms with Crippen molar-refractivity contribution in [3.63, 3.8) is 0 Å². The van der Waals surface area contributed by atoms with E-state index >= 15 is 0 Å². The number of hydrogen-bond donors (Lipinski definition) is 1. The number of phosphoric ester groups is 1. The highest BCUT2D eigenvalue weighted by molar-refractivity contribution is 7.49. The van der Waals surface area contributed by atoms with Crippen LogP contribution in [0.1, 0.15) is 46.1 Å². The molecule has 1 unspecified atom stereocenters. The number of rotatable bonds is 10. The van der Waals surface area contributed by atoms with Crippen molar-refractivity contribution in [3.05, 3.63) is 29.8 Å². The summed E-state index contributed by atoms with van der Waals surface area (Å²) in [5.74, 6) is -2.99. The SMILES string of the molecule is CC(=O)CCC(=O)N[C@H]1[C@H](OP2(=O)OCc3ccccc3O2)O[C@H](COC(C)=O)[C@@H](OC(C)=O)[C@@H]1OC(C)=O. The lowest BCUT2D eigenvalue weighted by Gasteiger charge is -2.45. The zero-order valence-electron chi connectivity index (χ0n) is 21.8. The second kappa shape index (κ2) is 13.2. The molecular formula is C24H30NO13P. The molecule has 39 heavy (non-hydrogen) atoms. The molecule has 1 aromatic rings. The molecule has 0 aliphatic carbocycles. The van der Waals surface area contributed by atoms with E-state index in [4.69, 9.17) is 32.5 Å². The zero-order valence-corrected chi connectivity index (χ0v) is 22.7. The molecule has 2 aliphatic rings. The lowest BCUT2D eigenvalue weighted by molar-refractivity contribution is -0.260. The molecule has 3 rings (SSSR count). The number of ether oxygens (including phenoxy) is 4. The van der Waals surface area contributed by atoms with Gasteiger partial charge in [0.1, 0.15) is 30.3 Å². The van der Waals surface area contributed by atoms with Crippen LogP contribution in [0.4, 0.5) is 0 Å². The predicted octanol–water partition coefficient (Wildman–Crippen LogP) is 1.73. The van der Waals surface area contributed by atoms with Crippen molar-refractivity contribution in [1.29, 1.82) is 0 Å². The standard InChI is InChI=1S/C24H30NO13P/c1-13(26)9-10-20(30)25-21-23(35-16(4)29)22(34-15(3)28)19(12-32-14(2)27)36-24(21)38-39(31)33-11-17-7-5-6-8-18(17)37-39/h5-8,19,21-24H,9-12H2,1-4H3,(H,25,30)/t19-,21-,22-,23-,24+,39?/m1/s1. The van der Waals surface area contributed by atoms with Crippen LogP contribution in [0.25, 0.3) is 0 Å². The van der Waals surface area contributed by atoms with E-state index in [1.165, 1.54) is 6.92 Å². The summed E-state index contributed by atoms with van der Waals surface area (Å²) < 4.78 is 51.7. The Bertz CT molecular complexity index is 1150. The third-order valence-corrected chi connectivity index (χ3v) is 6.86. The smallest absolute Gasteiger partial charge is 0.463 e. The number of amides is 1. The van der Waals surface area contributed by atoms with E-state index in [1.807, 2.05) is 0 Å². The molecule has 1 fully saturated rings. The summed E-state index contributed by atoms with van der Waals surface area (Å²) in [7, 11) is -4.38. The second-order valence-corrected chi connectivity index (χ2v) is 10.4. The van der Waals surface area contributed by atoms with Crippen molar-refractivity contribution in [2.75, 3.05) is 6.61 Å². The van der Waals surface area contributed by atoms with Gasteiger partial charge in [-0.3, -0.25) is 23.7 Å².